The lowest BCUT2D eigenvalue weighted by Gasteiger charge is -2.03. The quantitative estimate of drug-likeness (QED) is 0.580. The minimum atomic E-state index is -0.606. The number of amides is 1. The van der Waals surface area contributed by atoms with E-state index < -0.39 is 11.1 Å². The first-order valence-electron chi connectivity index (χ1n) is 6.98. The monoisotopic (exact) mass is 427 g/mol. The topological polar surface area (TPSA) is 92.2 Å². The van der Waals surface area contributed by atoms with Crippen LogP contribution < -0.4 is 5.32 Å². The lowest BCUT2D eigenvalue weighted by atomic mass is 10.1. The van der Waals surface area contributed by atoms with E-state index >= 15 is 0 Å². The molecule has 0 aliphatic rings. The molecule has 0 atom stereocenters. The SMILES string of the molecule is O=C(Cl)c1ccc(C(=O)Nc2nnc(-c3cc(Cl)cc(Cl)c3O)s2)cc1. The van der Waals surface area contributed by atoms with Crippen molar-refractivity contribution < 1.29 is 14.7 Å². The predicted molar refractivity (Wildman–Crippen MR) is 102 cm³/mol. The second-order valence-corrected chi connectivity index (χ2v) is 7.17. The Labute approximate surface area is 166 Å². The van der Waals surface area contributed by atoms with Gasteiger partial charge in [-0.3, -0.25) is 14.9 Å². The molecular formula is C16H8Cl3N3O3S. The van der Waals surface area contributed by atoms with Crippen molar-refractivity contribution in [2.75, 3.05) is 5.32 Å². The standard InChI is InChI=1S/C16H8Cl3N3O3S/c17-9-5-10(12(23)11(18)6-9)15-21-22-16(26-15)20-14(25)8-3-1-7(2-4-8)13(19)24/h1-6,23H,(H,20,22,25). The van der Waals surface area contributed by atoms with E-state index in [2.05, 4.69) is 15.5 Å². The molecule has 2 N–H and O–H groups in total. The van der Waals surface area contributed by atoms with E-state index in [1.54, 1.807) is 0 Å². The van der Waals surface area contributed by atoms with Gasteiger partial charge in [-0.1, -0.05) is 34.5 Å². The molecule has 0 unspecified atom stereocenters. The van der Waals surface area contributed by atoms with Crippen molar-refractivity contribution in [2.24, 2.45) is 0 Å². The smallest absolute Gasteiger partial charge is 0.257 e. The molecule has 132 valence electrons. The number of carbonyl (C=O) groups is 2. The number of carbonyl (C=O) groups excluding carboxylic acids is 2. The van der Waals surface area contributed by atoms with E-state index in [-0.39, 0.29) is 21.5 Å². The first-order valence-corrected chi connectivity index (χ1v) is 8.93. The van der Waals surface area contributed by atoms with Crippen LogP contribution in [0.2, 0.25) is 10.0 Å². The zero-order valence-electron chi connectivity index (χ0n) is 12.7. The molecule has 0 aliphatic heterocycles. The van der Waals surface area contributed by atoms with Crippen LogP contribution in [-0.4, -0.2) is 26.5 Å². The van der Waals surface area contributed by atoms with Crippen LogP contribution in [0.25, 0.3) is 10.6 Å². The van der Waals surface area contributed by atoms with Gasteiger partial charge in [0.1, 0.15) is 5.75 Å². The van der Waals surface area contributed by atoms with Crippen molar-refractivity contribution in [1.29, 1.82) is 0 Å². The second kappa shape index (κ2) is 7.59. The van der Waals surface area contributed by atoms with Crippen LogP contribution in [-0.2, 0) is 0 Å². The lowest BCUT2D eigenvalue weighted by molar-refractivity contribution is 0.102. The summed E-state index contributed by atoms with van der Waals surface area (Å²) in [6, 6.07) is 8.73. The van der Waals surface area contributed by atoms with E-state index in [9.17, 15) is 14.7 Å². The number of nitrogens with one attached hydrogen (secondary N) is 1. The normalized spacial score (nSPS) is 10.6. The number of aromatic hydroxyl groups is 1. The number of phenolic OH excluding ortho intramolecular Hbond substituents is 1. The van der Waals surface area contributed by atoms with E-state index in [0.29, 0.717) is 21.2 Å². The molecule has 3 aromatic rings. The minimum Gasteiger partial charge on any atom is -0.506 e. The van der Waals surface area contributed by atoms with Gasteiger partial charge in [-0.15, -0.1) is 10.2 Å². The van der Waals surface area contributed by atoms with Crippen LogP contribution >= 0.6 is 46.1 Å². The van der Waals surface area contributed by atoms with Crippen molar-refractivity contribution in [1.82, 2.24) is 10.2 Å². The third kappa shape index (κ3) is 3.96. The highest BCUT2D eigenvalue weighted by molar-refractivity contribution is 7.18. The summed E-state index contributed by atoms with van der Waals surface area (Å²) in [7, 11) is 0. The van der Waals surface area contributed by atoms with Crippen molar-refractivity contribution in [3.8, 4) is 16.3 Å². The van der Waals surface area contributed by atoms with Gasteiger partial charge in [0.2, 0.25) is 5.13 Å². The molecule has 6 nitrogen and oxygen atoms in total. The average molecular weight is 429 g/mol. The number of halogens is 3. The summed E-state index contributed by atoms with van der Waals surface area (Å²) < 4.78 is 0. The summed E-state index contributed by atoms with van der Waals surface area (Å²) in [5, 5.41) is 20.8. The van der Waals surface area contributed by atoms with Gasteiger partial charge in [0, 0.05) is 16.1 Å². The highest BCUT2D eigenvalue weighted by Crippen LogP contribution is 2.39. The zero-order chi connectivity index (χ0) is 18.8. The van der Waals surface area contributed by atoms with E-state index in [4.69, 9.17) is 34.8 Å². The Morgan fingerprint density at radius 3 is 2.35 bits per heavy atom. The largest absolute Gasteiger partial charge is 0.506 e. The number of hydrogen-bond acceptors (Lipinski definition) is 6. The van der Waals surface area contributed by atoms with Crippen LogP contribution in [0.4, 0.5) is 5.13 Å². The van der Waals surface area contributed by atoms with Crippen molar-refractivity contribution >= 4 is 62.4 Å². The average Bonchev–Trinajstić information content (AvgIpc) is 3.06. The first kappa shape index (κ1) is 18.6. The number of nitrogens with zero attached hydrogens (tertiary/aromatic N) is 2. The third-order valence-electron chi connectivity index (χ3n) is 3.28. The zero-order valence-corrected chi connectivity index (χ0v) is 15.7. The summed E-state index contributed by atoms with van der Waals surface area (Å²) in [6.07, 6.45) is 0. The third-order valence-corrected chi connectivity index (χ3v) is 4.87. The fourth-order valence-electron chi connectivity index (χ4n) is 2.03. The molecular weight excluding hydrogens is 421 g/mol. The number of phenols is 1. The van der Waals surface area contributed by atoms with Gasteiger partial charge >= 0.3 is 0 Å². The number of rotatable bonds is 4. The molecule has 0 aliphatic carbocycles. The molecule has 0 saturated heterocycles. The van der Waals surface area contributed by atoms with Crippen molar-refractivity contribution in [3.63, 3.8) is 0 Å². The molecule has 1 aromatic heterocycles. The molecule has 3 rings (SSSR count). The highest BCUT2D eigenvalue weighted by Gasteiger charge is 2.16. The molecule has 0 spiro atoms. The van der Waals surface area contributed by atoms with Gasteiger partial charge < -0.3 is 5.11 Å². The van der Waals surface area contributed by atoms with Gasteiger partial charge in [-0.05, 0) is 48.0 Å². The highest BCUT2D eigenvalue weighted by atomic mass is 35.5. The van der Waals surface area contributed by atoms with Crippen LogP contribution in [0, 0.1) is 0 Å². The summed E-state index contributed by atoms with van der Waals surface area (Å²) >= 11 is 18.2. The van der Waals surface area contributed by atoms with E-state index in [1.807, 2.05) is 0 Å². The van der Waals surface area contributed by atoms with E-state index in [1.165, 1.54) is 36.4 Å². The number of benzene rings is 2. The van der Waals surface area contributed by atoms with Crippen LogP contribution in [0.3, 0.4) is 0 Å². The molecule has 0 radical (unpaired) electrons. The Balaban J connectivity index is 1.80. The maximum absolute atomic E-state index is 12.2. The lowest BCUT2D eigenvalue weighted by Crippen LogP contribution is -2.11. The fraction of sp³-hybridized carbons (Fsp3) is 0. The van der Waals surface area contributed by atoms with Crippen LogP contribution in [0.1, 0.15) is 20.7 Å². The summed E-state index contributed by atoms with van der Waals surface area (Å²) in [4.78, 5) is 23.3. The molecule has 0 fully saturated rings. The van der Waals surface area contributed by atoms with Gasteiger partial charge in [0.05, 0.1) is 10.6 Å². The molecule has 0 bridgehead atoms. The molecule has 1 heterocycles. The van der Waals surface area contributed by atoms with Crippen molar-refractivity contribution in [3.05, 3.63) is 57.6 Å². The first-order chi connectivity index (χ1) is 12.3. The summed E-state index contributed by atoms with van der Waals surface area (Å²) in [5.74, 6) is -0.610. The number of anilines is 1. The number of aromatic nitrogens is 2. The molecule has 2 aromatic carbocycles. The Morgan fingerprint density at radius 2 is 1.69 bits per heavy atom. The summed E-state index contributed by atoms with van der Waals surface area (Å²) in [6.45, 7) is 0. The Bertz CT molecular complexity index is 1010. The van der Waals surface area contributed by atoms with Crippen molar-refractivity contribution in [2.45, 2.75) is 0 Å². The minimum absolute atomic E-state index is 0.0854. The van der Waals surface area contributed by atoms with Crippen LogP contribution in [0.15, 0.2) is 36.4 Å². The van der Waals surface area contributed by atoms with Gasteiger partial charge in [0.25, 0.3) is 11.1 Å². The van der Waals surface area contributed by atoms with Gasteiger partial charge in [0.15, 0.2) is 5.01 Å². The Hall–Kier alpha value is -2.19. The fourth-order valence-corrected chi connectivity index (χ4v) is 3.41. The second-order valence-electron chi connectivity index (χ2n) is 5.00. The maximum Gasteiger partial charge on any atom is 0.257 e. The van der Waals surface area contributed by atoms with Crippen LogP contribution in [0.5, 0.6) is 5.75 Å². The summed E-state index contributed by atoms with van der Waals surface area (Å²) in [5.41, 5.74) is 0.914. The maximum atomic E-state index is 12.2. The van der Waals surface area contributed by atoms with E-state index in [0.717, 1.165) is 11.3 Å². The van der Waals surface area contributed by atoms with Gasteiger partial charge in [-0.25, -0.2) is 0 Å². The molecule has 26 heavy (non-hydrogen) atoms. The molecule has 1 amide bonds. The predicted octanol–water partition coefficient (Wildman–Crippen LogP) is 4.85. The Kier molecular flexibility index (Phi) is 5.43. The molecule has 10 heteroatoms. The molecule has 0 saturated carbocycles. The number of hydrogen-bond donors (Lipinski definition) is 2. The Morgan fingerprint density at radius 1 is 1.04 bits per heavy atom. The van der Waals surface area contributed by atoms with Gasteiger partial charge in [-0.2, -0.15) is 0 Å².